The summed E-state index contributed by atoms with van der Waals surface area (Å²) in [4.78, 5) is 33.7. The van der Waals surface area contributed by atoms with Crippen molar-refractivity contribution in [3.8, 4) is 0 Å². The highest BCUT2D eigenvalue weighted by molar-refractivity contribution is 5.97. The first-order valence-electron chi connectivity index (χ1n) is 10.9. The number of pyridine rings is 1. The molecule has 3 aromatic rings. The van der Waals surface area contributed by atoms with Gasteiger partial charge in [-0.3, -0.25) is 14.6 Å². The van der Waals surface area contributed by atoms with Crippen molar-refractivity contribution in [2.45, 2.75) is 32.1 Å². The molecule has 2 amide bonds. The SMILES string of the molecule is O=C(NCCCCC1CCN(C(=O)c2ccccc2F)CC1)c1cc2cnccc2[nH]1. The summed E-state index contributed by atoms with van der Waals surface area (Å²) in [5.74, 6) is -0.203. The highest BCUT2D eigenvalue weighted by Gasteiger charge is 2.24. The van der Waals surface area contributed by atoms with Crippen molar-refractivity contribution in [3.63, 3.8) is 0 Å². The lowest BCUT2D eigenvalue weighted by atomic mass is 9.91. The molecule has 0 spiro atoms. The number of likely N-dealkylation sites (tertiary alicyclic amines) is 1. The van der Waals surface area contributed by atoms with Crippen LogP contribution in [0.25, 0.3) is 10.9 Å². The maximum absolute atomic E-state index is 13.8. The molecule has 1 aliphatic rings. The summed E-state index contributed by atoms with van der Waals surface area (Å²) < 4.78 is 13.8. The lowest BCUT2D eigenvalue weighted by Gasteiger charge is -2.32. The highest BCUT2D eigenvalue weighted by atomic mass is 19.1. The molecule has 1 fully saturated rings. The Kier molecular flexibility index (Phi) is 6.60. The van der Waals surface area contributed by atoms with Crippen LogP contribution in [0, 0.1) is 11.7 Å². The van der Waals surface area contributed by atoms with Gasteiger partial charge in [0.25, 0.3) is 11.8 Å². The molecule has 2 N–H and O–H groups in total. The normalized spacial score (nSPS) is 14.7. The number of halogens is 1. The molecule has 0 aliphatic carbocycles. The van der Waals surface area contributed by atoms with Gasteiger partial charge >= 0.3 is 0 Å². The molecule has 0 unspecified atom stereocenters. The summed E-state index contributed by atoms with van der Waals surface area (Å²) in [5.41, 5.74) is 1.61. The van der Waals surface area contributed by atoms with Gasteiger partial charge in [0.15, 0.2) is 0 Å². The Bertz CT molecular complexity index is 1020. The van der Waals surface area contributed by atoms with Crippen LogP contribution in [-0.4, -0.2) is 46.3 Å². The van der Waals surface area contributed by atoms with Crippen LogP contribution in [0.4, 0.5) is 4.39 Å². The number of fused-ring (bicyclic) bond motifs is 1. The van der Waals surface area contributed by atoms with Gasteiger partial charge in [-0.1, -0.05) is 25.0 Å². The summed E-state index contributed by atoms with van der Waals surface area (Å²) in [6.07, 6.45) is 8.34. The van der Waals surface area contributed by atoms with Gasteiger partial charge in [-0.2, -0.15) is 0 Å². The van der Waals surface area contributed by atoms with E-state index in [1.54, 1.807) is 35.5 Å². The van der Waals surface area contributed by atoms with Gasteiger partial charge in [0.05, 0.1) is 5.56 Å². The average Bonchev–Trinajstić information content (AvgIpc) is 3.23. The van der Waals surface area contributed by atoms with E-state index in [0.717, 1.165) is 43.0 Å². The van der Waals surface area contributed by atoms with Gasteiger partial charge in [0.1, 0.15) is 11.5 Å². The minimum atomic E-state index is -0.458. The first-order chi connectivity index (χ1) is 15.1. The third-order valence-electron chi connectivity index (χ3n) is 6.00. The summed E-state index contributed by atoms with van der Waals surface area (Å²) in [7, 11) is 0. The summed E-state index contributed by atoms with van der Waals surface area (Å²) >= 11 is 0. The van der Waals surface area contributed by atoms with E-state index < -0.39 is 5.82 Å². The molecular formula is C24H27FN4O2. The van der Waals surface area contributed by atoms with E-state index >= 15 is 0 Å². The number of aromatic nitrogens is 2. The number of aromatic amines is 1. The molecule has 162 valence electrons. The minimum absolute atomic E-state index is 0.101. The quantitative estimate of drug-likeness (QED) is 0.562. The second kappa shape index (κ2) is 9.73. The summed E-state index contributed by atoms with van der Waals surface area (Å²) in [5, 5.41) is 3.89. The number of nitrogens with zero attached hydrogens (tertiary/aromatic N) is 2. The molecule has 0 bridgehead atoms. The largest absolute Gasteiger partial charge is 0.351 e. The van der Waals surface area contributed by atoms with Crippen LogP contribution in [0.2, 0.25) is 0 Å². The van der Waals surface area contributed by atoms with Crippen LogP contribution in [-0.2, 0) is 0 Å². The monoisotopic (exact) mass is 422 g/mol. The van der Waals surface area contributed by atoms with Crippen LogP contribution in [0.15, 0.2) is 48.8 Å². The van der Waals surface area contributed by atoms with Crippen LogP contribution < -0.4 is 5.32 Å². The molecule has 0 radical (unpaired) electrons. The third kappa shape index (κ3) is 5.10. The Morgan fingerprint density at radius 1 is 1.16 bits per heavy atom. The van der Waals surface area contributed by atoms with Crippen molar-refractivity contribution >= 4 is 22.7 Å². The number of unbranched alkanes of at least 4 members (excludes halogenated alkanes) is 1. The second-order valence-corrected chi connectivity index (χ2v) is 8.11. The zero-order chi connectivity index (χ0) is 21.6. The van der Waals surface area contributed by atoms with Crippen molar-refractivity contribution in [1.82, 2.24) is 20.2 Å². The Labute approximate surface area is 180 Å². The van der Waals surface area contributed by atoms with Gasteiger partial charge in [0.2, 0.25) is 0 Å². The zero-order valence-electron chi connectivity index (χ0n) is 17.4. The van der Waals surface area contributed by atoms with Crippen LogP contribution in [0.5, 0.6) is 0 Å². The number of H-pyrrole nitrogens is 1. The summed E-state index contributed by atoms with van der Waals surface area (Å²) in [6.45, 7) is 1.98. The van der Waals surface area contributed by atoms with Gasteiger partial charge in [-0.25, -0.2) is 4.39 Å². The molecule has 2 aromatic heterocycles. The predicted molar refractivity (Wildman–Crippen MR) is 117 cm³/mol. The van der Waals surface area contributed by atoms with E-state index in [2.05, 4.69) is 15.3 Å². The number of nitrogens with one attached hydrogen (secondary N) is 2. The van der Waals surface area contributed by atoms with E-state index in [9.17, 15) is 14.0 Å². The molecule has 0 atom stereocenters. The zero-order valence-corrected chi connectivity index (χ0v) is 17.4. The van der Waals surface area contributed by atoms with E-state index in [4.69, 9.17) is 0 Å². The Balaban J connectivity index is 1.14. The Morgan fingerprint density at radius 3 is 2.74 bits per heavy atom. The first-order valence-corrected chi connectivity index (χ1v) is 10.9. The molecule has 31 heavy (non-hydrogen) atoms. The van der Waals surface area contributed by atoms with Crippen LogP contribution in [0.1, 0.15) is 53.0 Å². The fourth-order valence-corrected chi connectivity index (χ4v) is 4.18. The smallest absolute Gasteiger partial charge is 0.267 e. The second-order valence-electron chi connectivity index (χ2n) is 8.11. The number of carbonyl (C=O) groups excluding carboxylic acids is 2. The van der Waals surface area contributed by atoms with Crippen molar-refractivity contribution in [2.24, 2.45) is 5.92 Å². The molecule has 6 nitrogen and oxygen atoms in total. The number of rotatable bonds is 7. The number of benzene rings is 1. The number of hydrogen-bond donors (Lipinski definition) is 2. The van der Waals surface area contributed by atoms with Gasteiger partial charge in [-0.05, 0) is 49.4 Å². The van der Waals surface area contributed by atoms with Crippen LogP contribution in [0.3, 0.4) is 0 Å². The number of hydrogen-bond acceptors (Lipinski definition) is 3. The first kappa shape index (κ1) is 21.0. The molecule has 0 saturated carbocycles. The fourth-order valence-electron chi connectivity index (χ4n) is 4.18. The standard InChI is InChI=1S/C24H27FN4O2/c25-20-7-2-1-6-19(20)24(31)29-13-9-17(10-14-29)5-3-4-11-27-23(30)22-15-18-16-26-12-8-21(18)28-22/h1-2,6-8,12,15-17,28H,3-5,9-11,13-14H2,(H,27,30). The molecule has 7 heteroatoms. The average molecular weight is 423 g/mol. The lowest BCUT2D eigenvalue weighted by molar-refractivity contribution is 0.0681. The van der Waals surface area contributed by atoms with E-state index in [1.165, 1.54) is 6.07 Å². The number of carbonyl (C=O) groups is 2. The van der Waals surface area contributed by atoms with Crippen molar-refractivity contribution in [2.75, 3.05) is 19.6 Å². The maximum Gasteiger partial charge on any atom is 0.267 e. The Hall–Kier alpha value is -3.22. The van der Waals surface area contributed by atoms with Crippen molar-refractivity contribution < 1.29 is 14.0 Å². The molecule has 1 saturated heterocycles. The third-order valence-corrected chi connectivity index (χ3v) is 6.00. The molecule has 4 rings (SSSR count). The highest BCUT2D eigenvalue weighted by Crippen LogP contribution is 2.24. The van der Waals surface area contributed by atoms with Gasteiger partial charge in [0, 0.05) is 42.9 Å². The summed E-state index contributed by atoms with van der Waals surface area (Å²) in [6, 6.07) is 9.82. The van der Waals surface area contributed by atoms with E-state index in [-0.39, 0.29) is 17.4 Å². The van der Waals surface area contributed by atoms with Gasteiger partial charge < -0.3 is 15.2 Å². The van der Waals surface area contributed by atoms with Crippen molar-refractivity contribution in [3.05, 3.63) is 65.9 Å². The topological polar surface area (TPSA) is 78.1 Å². The minimum Gasteiger partial charge on any atom is -0.351 e. The fraction of sp³-hybridized carbons (Fsp3) is 0.375. The molecule has 1 aromatic carbocycles. The van der Waals surface area contributed by atoms with E-state index in [0.29, 0.717) is 31.2 Å². The number of piperidine rings is 1. The van der Waals surface area contributed by atoms with E-state index in [1.807, 2.05) is 12.1 Å². The Morgan fingerprint density at radius 2 is 1.97 bits per heavy atom. The van der Waals surface area contributed by atoms with Crippen molar-refractivity contribution in [1.29, 1.82) is 0 Å². The molecular weight excluding hydrogens is 395 g/mol. The predicted octanol–water partition coefficient (Wildman–Crippen LogP) is 4.15. The number of amides is 2. The van der Waals surface area contributed by atoms with Crippen LogP contribution >= 0.6 is 0 Å². The van der Waals surface area contributed by atoms with Gasteiger partial charge in [-0.15, -0.1) is 0 Å². The molecule has 3 heterocycles. The molecule has 1 aliphatic heterocycles. The lowest BCUT2D eigenvalue weighted by Crippen LogP contribution is -2.38. The maximum atomic E-state index is 13.8.